The lowest BCUT2D eigenvalue weighted by Gasteiger charge is -2.61. The summed E-state index contributed by atoms with van der Waals surface area (Å²) in [7, 11) is 0. The predicted molar refractivity (Wildman–Crippen MR) is 92.0 cm³/mol. The summed E-state index contributed by atoms with van der Waals surface area (Å²) in [6.45, 7) is 0. The molecule has 4 saturated carbocycles. The van der Waals surface area contributed by atoms with Crippen molar-refractivity contribution in [3.8, 4) is 6.07 Å². The highest BCUT2D eigenvalue weighted by Crippen LogP contribution is 2.56. The maximum absolute atomic E-state index is 12.5. The summed E-state index contributed by atoms with van der Waals surface area (Å²) >= 11 is 0. The third-order valence-electron chi connectivity index (χ3n) is 6.23. The van der Waals surface area contributed by atoms with E-state index in [-0.39, 0.29) is 17.0 Å². The fraction of sp³-hybridized carbons (Fsp3) is 0.600. The average Bonchev–Trinajstić information content (AvgIpc) is 2.50. The molecule has 2 atom stereocenters. The average molecular weight is 323 g/mol. The fourth-order valence-electron chi connectivity index (χ4n) is 5.84. The summed E-state index contributed by atoms with van der Waals surface area (Å²) < 4.78 is 0. The molecule has 3 N–H and O–H groups in total. The van der Waals surface area contributed by atoms with E-state index in [0.717, 1.165) is 37.7 Å². The van der Waals surface area contributed by atoms with Gasteiger partial charge in [-0.2, -0.15) is 5.26 Å². The van der Waals surface area contributed by atoms with E-state index in [2.05, 4.69) is 11.4 Å². The number of hydrogen-bond acceptors (Lipinski definition) is 3. The Morgan fingerprint density at radius 1 is 1.21 bits per heavy atom. The minimum atomic E-state index is -0.0411. The van der Waals surface area contributed by atoms with Crippen molar-refractivity contribution >= 4 is 5.91 Å². The Labute approximate surface area is 143 Å². The summed E-state index contributed by atoms with van der Waals surface area (Å²) in [5.41, 5.74) is 8.28. The highest BCUT2D eigenvalue weighted by Gasteiger charge is 2.56. The van der Waals surface area contributed by atoms with E-state index in [0.29, 0.717) is 30.2 Å². The van der Waals surface area contributed by atoms with E-state index in [1.807, 2.05) is 24.3 Å². The van der Waals surface area contributed by atoms with E-state index < -0.39 is 0 Å². The molecule has 4 bridgehead atoms. The molecule has 0 heterocycles. The molecule has 4 aliphatic carbocycles. The van der Waals surface area contributed by atoms with E-state index in [9.17, 15) is 4.79 Å². The van der Waals surface area contributed by atoms with Crippen LogP contribution >= 0.6 is 0 Å². The first kappa shape index (κ1) is 15.7. The Kier molecular flexibility index (Phi) is 3.65. The molecule has 0 radical (unpaired) electrons. The number of benzene rings is 1. The topological polar surface area (TPSA) is 78.9 Å². The number of nitrogens with two attached hydrogens (primary N) is 1. The number of nitrogens with zero attached hydrogens (tertiary/aromatic N) is 1. The Morgan fingerprint density at radius 2 is 1.88 bits per heavy atom. The van der Waals surface area contributed by atoms with Crippen molar-refractivity contribution < 1.29 is 4.79 Å². The van der Waals surface area contributed by atoms with E-state index in [1.54, 1.807) is 0 Å². The normalized spacial score (nSPS) is 36.3. The van der Waals surface area contributed by atoms with E-state index in [1.165, 1.54) is 6.42 Å². The van der Waals surface area contributed by atoms with Gasteiger partial charge in [0.05, 0.1) is 11.6 Å². The van der Waals surface area contributed by atoms with Crippen LogP contribution < -0.4 is 11.1 Å². The van der Waals surface area contributed by atoms with Gasteiger partial charge in [-0.25, -0.2) is 0 Å². The van der Waals surface area contributed by atoms with Gasteiger partial charge in [-0.15, -0.1) is 0 Å². The molecule has 0 saturated heterocycles. The second-order valence-corrected chi connectivity index (χ2v) is 8.46. The molecule has 0 aliphatic heterocycles. The fourth-order valence-corrected chi connectivity index (χ4v) is 5.84. The zero-order valence-corrected chi connectivity index (χ0v) is 14.1. The predicted octanol–water partition coefficient (Wildman–Crippen LogP) is 2.66. The number of carbonyl (C=O) groups is 1. The minimum absolute atomic E-state index is 0.0372. The van der Waals surface area contributed by atoms with Gasteiger partial charge in [0.1, 0.15) is 0 Å². The maximum atomic E-state index is 12.5. The number of nitriles is 1. The first-order valence-electron chi connectivity index (χ1n) is 9.07. The van der Waals surface area contributed by atoms with Crippen molar-refractivity contribution in [1.29, 1.82) is 5.26 Å². The van der Waals surface area contributed by atoms with Crippen LogP contribution in [0.25, 0.3) is 0 Å². The Hall–Kier alpha value is -1.86. The quantitative estimate of drug-likeness (QED) is 0.894. The maximum Gasteiger partial charge on any atom is 0.220 e. The minimum Gasteiger partial charge on any atom is -0.351 e. The first-order valence-corrected chi connectivity index (χ1v) is 9.07. The van der Waals surface area contributed by atoms with Gasteiger partial charge in [-0.05, 0) is 74.5 Å². The van der Waals surface area contributed by atoms with Crippen LogP contribution in [-0.4, -0.2) is 17.0 Å². The lowest BCUT2D eigenvalue weighted by molar-refractivity contribution is -0.127. The summed E-state index contributed by atoms with van der Waals surface area (Å²) in [4.78, 5) is 12.5. The van der Waals surface area contributed by atoms with Crippen LogP contribution in [0.1, 0.15) is 56.1 Å². The number of amides is 1. The standard InChI is InChI=1S/C20H25N3O/c21-12-15-3-1-14(2-4-15)5-6-18(24)23-20-10-16-7-17(11-20)9-19(22,8-16)13-20/h1-4,16-17H,5-11,13,22H2,(H,23,24). The molecule has 0 spiro atoms. The number of rotatable bonds is 4. The number of carbonyl (C=O) groups excluding carboxylic acids is 1. The summed E-state index contributed by atoms with van der Waals surface area (Å²) in [5.74, 6) is 1.55. The summed E-state index contributed by atoms with van der Waals surface area (Å²) in [6.07, 6.45) is 8.00. The molecule has 5 rings (SSSR count). The molecule has 1 aromatic rings. The first-order chi connectivity index (χ1) is 11.5. The van der Waals surface area contributed by atoms with Crippen molar-refractivity contribution in [2.75, 3.05) is 0 Å². The van der Waals surface area contributed by atoms with Crippen LogP contribution in [0, 0.1) is 23.2 Å². The zero-order chi connectivity index (χ0) is 16.8. The number of nitrogens with one attached hydrogen (secondary N) is 1. The zero-order valence-electron chi connectivity index (χ0n) is 14.1. The van der Waals surface area contributed by atoms with Gasteiger partial charge in [-0.3, -0.25) is 4.79 Å². The Balaban J connectivity index is 1.37. The largest absolute Gasteiger partial charge is 0.351 e. The van der Waals surface area contributed by atoms with E-state index in [4.69, 9.17) is 11.0 Å². The van der Waals surface area contributed by atoms with Crippen LogP contribution in [0.15, 0.2) is 24.3 Å². The number of hydrogen-bond donors (Lipinski definition) is 2. The molecule has 1 aromatic carbocycles. The van der Waals surface area contributed by atoms with Crippen LogP contribution in [0.5, 0.6) is 0 Å². The molecule has 24 heavy (non-hydrogen) atoms. The van der Waals surface area contributed by atoms with Gasteiger partial charge in [0.2, 0.25) is 5.91 Å². The SMILES string of the molecule is N#Cc1ccc(CCC(=O)NC23CC4CC(CC(N)(C4)C2)C3)cc1. The van der Waals surface area contributed by atoms with Crippen LogP contribution in [0.2, 0.25) is 0 Å². The van der Waals surface area contributed by atoms with Gasteiger partial charge in [-0.1, -0.05) is 12.1 Å². The van der Waals surface area contributed by atoms with Crippen LogP contribution in [0.3, 0.4) is 0 Å². The summed E-state index contributed by atoms with van der Waals surface area (Å²) in [6, 6.07) is 9.61. The highest BCUT2D eigenvalue weighted by molar-refractivity contribution is 5.77. The van der Waals surface area contributed by atoms with Gasteiger partial charge >= 0.3 is 0 Å². The Morgan fingerprint density at radius 3 is 2.46 bits per heavy atom. The molecule has 4 fully saturated rings. The van der Waals surface area contributed by atoms with E-state index >= 15 is 0 Å². The van der Waals surface area contributed by atoms with Gasteiger partial charge in [0.25, 0.3) is 0 Å². The van der Waals surface area contributed by atoms with Gasteiger partial charge in [0, 0.05) is 17.5 Å². The van der Waals surface area contributed by atoms with Crippen molar-refractivity contribution in [3.05, 3.63) is 35.4 Å². The van der Waals surface area contributed by atoms with Crippen molar-refractivity contribution in [2.24, 2.45) is 17.6 Å². The molecular weight excluding hydrogens is 298 g/mol. The second kappa shape index (κ2) is 5.60. The summed E-state index contributed by atoms with van der Waals surface area (Å²) in [5, 5.41) is 12.2. The smallest absolute Gasteiger partial charge is 0.220 e. The van der Waals surface area contributed by atoms with Gasteiger partial charge < -0.3 is 11.1 Å². The molecule has 126 valence electrons. The van der Waals surface area contributed by atoms with Crippen LogP contribution in [0.4, 0.5) is 0 Å². The van der Waals surface area contributed by atoms with Crippen molar-refractivity contribution in [3.63, 3.8) is 0 Å². The molecule has 4 aliphatic rings. The molecule has 1 amide bonds. The van der Waals surface area contributed by atoms with Crippen molar-refractivity contribution in [1.82, 2.24) is 5.32 Å². The van der Waals surface area contributed by atoms with Crippen molar-refractivity contribution in [2.45, 2.75) is 62.4 Å². The lowest BCUT2D eigenvalue weighted by atomic mass is 9.50. The molecule has 2 unspecified atom stereocenters. The Bertz CT molecular complexity index is 674. The highest BCUT2D eigenvalue weighted by atomic mass is 16.1. The molecular formula is C20H25N3O. The number of aryl methyl sites for hydroxylation is 1. The monoisotopic (exact) mass is 323 g/mol. The molecule has 4 nitrogen and oxygen atoms in total. The third-order valence-corrected chi connectivity index (χ3v) is 6.23. The van der Waals surface area contributed by atoms with Crippen LogP contribution in [-0.2, 0) is 11.2 Å². The second-order valence-electron chi connectivity index (χ2n) is 8.46. The molecule has 4 heteroatoms. The third kappa shape index (κ3) is 2.93. The van der Waals surface area contributed by atoms with Gasteiger partial charge in [0.15, 0.2) is 0 Å². The molecule has 0 aromatic heterocycles. The lowest BCUT2D eigenvalue weighted by Crippen LogP contribution is -2.68.